The van der Waals surface area contributed by atoms with Crippen molar-refractivity contribution in [2.45, 2.75) is 25.0 Å². The molecule has 1 aliphatic rings. The maximum Gasteiger partial charge on any atom is 0.329 e. The number of esters is 1. The third-order valence-electron chi connectivity index (χ3n) is 3.86. The molecule has 1 aliphatic heterocycles. The summed E-state index contributed by atoms with van der Waals surface area (Å²) in [5.41, 5.74) is 0.898. The van der Waals surface area contributed by atoms with Crippen molar-refractivity contribution in [1.82, 2.24) is 0 Å². The Labute approximate surface area is 149 Å². The number of ether oxygens (including phenoxy) is 1. The van der Waals surface area contributed by atoms with Crippen LogP contribution in [0.5, 0.6) is 0 Å². The molecule has 3 rings (SSSR count). The summed E-state index contributed by atoms with van der Waals surface area (Å²) in [6.45, 7) is 1.89. The molecule has 1 N–H and O–H groups in total. The molecule has 0 bridgehead atoms. The van der Waals surface area contributed by atoms with E-state index in [1.807, 2.05) is 19.1 Å². The van der Waals surface area contributed by atoms with Crippen LogP contribution in [0.2, 0.25) is 15.1 Å². The van der Waals surface area contributed by atoms with Gasteiger partial charge in [0.25, 0.3) is 0 Å². The largest absolute Gasteiger partial charge is 0.453 e. The van der Waals surface area contributed by atoms with Crippen LogP contribution in [0.4, 0.5) is 5.69 Å². The summed E-state index contributed by atoms with van der Waals surface area (Å²) in [6, 6.07) is 11.9. The van der Waals surface area contributed by atoms with Crippen LogP contribution in [0.1, 0.15) is 18.9 Å². The van der Waals surface area contributed by atoms with Gasteiger partial charge in [-0.1, -0.05) is 46.9 Å². The number of benzene rings is 2. The second-order valence-electron chi connectivity index (χ2n) is 5.72. The quantitative estimate of drug-likeness (QED) is 0.746. The molecule has 0 saturated carbocycles. The highest BCUT2D eigenvalue weighted by molar-refractivity contribution is 6.35. The van der Waals surface area contributed by atoms with Gasteiger partial charge in [0.1, 0.15) is 11.6 Å². The SMILES string of the molecule is CC1(c2ccc(Cl)cc2)CC(Nc2cc(Cl)cc(Cl)c2)C(=O)O1. The van der Waals surface area contributed by atoms with Gasteiger partial charge in [-0.25, -0.2) is 4.79 Å². The first-order valence-electron chi connectivity index (χ1n) is 7.07. The summed E-state index contributed by atoms with van der Waals surface area (Å²) < 4.78 is 5.61. The first kappa shape index (κ1) is 16.4. The van der Waals surface area contributed by atoms with Crippen LogP contribution in [0, 0.1) is 0 Å². The van der Waals surface area contributed by atoms with E-state index >= 15 is 0 Å². The monoisotopic (exact) mass is 369 g/mol. The van der Waals surface area contributed by atoms with Crippen molar-refractivity contribution in [2.24, 2.45) is 0 Å². The first-order valence-corrected chi connectivity index (χ1v) is 8.21. The van der Waals surface area contributed by atoms with Crippen molar-refractivity contribution in [2.75, 3.05) is 5.32 Å². The van der Waals surface area contributed by atoms with Gasteiger partial charge in [0.05, 0.1) is 0 Å². The van der Waals surface area contributed by atoms with Gasteiger partial charge in [0.15, 0.2) is 0 Å². The number of carbonyl (C=O) groups excluding carboxylic acids is 1. The highest BCUT2D eigenvalue weighted by Gasteiger charge is 2.44. The number of nitrogens with one attached hydrogen (secondary N) is 1. The maximum absolute atomic E-state index is 12.2. The lowest BCUT2D eigenvalue weighted by atomic mass is 9.91. The third-order valence-corrected chi connectivity index (χ3v) is 4.55. The molecule has 1 heterocycles. The minimum atomic E-state index is -0.693. The summed E-state index contributed by atoms with van der Waals surface area (Å²) in [5, 5.41) is 4.80. The van der Waals surface area contributed by atoms with E-state index < -0.39 is 11.6 Å². The Morgan fingerprint density at radius 1 is 1.04 bits per heavy atom. The lowest BCUT2D eigenvalue weighted by molar-refractivity contribution is -0.148. The van der Waals surface area contributed by atoms with Crippen LogP contribution in [-0.4, -0.2) is 12.0 Å². The number of halogens is 3. The van der Waals surface area contributed by atoms with Crippen molar-refractivity contribution in [3.8, 4) is 0 Å². The number of carbonyl (C=O) groups is 1. The Balaban J connectivity index is 1.80. The molecule has 2 aromatic rings. The molecule has 3 nitrogen and oxygen atoms in total. The van der Waals surface area contributed by atoms with Gasteiger partial charge in [-0.3, -0.25) is 0 Å². The van der Waals surface area contributed by atoms with Crippen LogP contribution in [0.25, 0.3) is 0 Å². The average Bonchev–Trinajstić information content (AvgIpc) is 2.74. The van der Waals surface area contributed by atoms with Gasteiger partial charge < -0.3 is 10.1 Å². The Morgan fingerprint density at radius 3 is 2.26 bits per heavy atom. The predicted octanol–water partition coefficient (Wildman–Crippen LogP) is 5.29. The fourth-order valence-electron chi connectivity index (χ4n) is 2.74. The normalized spacial score (nSPS) is 23.7. The lowest BCUT2D eigenvalue weighted by Gasteiger charge is -2.23. The highest BCUT2D eigenvalue weighted by Crippen LogP contribution is 2.38. The summed E-state index contributed by atoms with van der Waals surface area (Å²) in [5.74, 6) is -0.307. The second-order valence-corrected chi connectivity index (χ2v) is 7.03. The second kappa shape index (κ2) is 6.23. The molecule has 0 amide bonds. The number of anilines is 1. The summed E-state index contributed by atoms with van der Waals surface area (Å²) >= 11 is 17.9. The smallest absolute Gasteiger partial charge is 0.329 e. The number of rotatable bonds is 3. The van der Waals surface area contributed by atoms with Crippen molar-refractivity contribution < 1.29 is 9.53 Å². The van der Waals surface area contributed by atoms with E-state index in [4.69, 9.17) is 39.5 Å². The van der Waals surface area contributed by atoms with Crippen molar-refractivity contribution >= 4 is 46.5 Å². The molecule has 0 spiro atoms. The molecular formula is C17H14Cl3NO2. The fraction of sp³-hybridized carbons (Fsp3) is 0.235. The molecule has 0 radical (unpaired) electrons. The molecular weight excluding hydrogens is 357 g/mol. The Kier molecular flexibility index (Phi) is 4.45. The predicted molar refractivity (Wildman–Crippen MR) is 93.4 cm³/mol. The molecule has 0 aromatic heterocycles. The Hall–Kier alpha value is -1.42. The first-order chi connectivity index (χ1) is 10.9. The molecule has 23 heavy (non-hydrogen) atoms. The van der Waals surface area contributed by atoms with E-state index in [1.54, 1.807) is 30.3 Å². The van der Waals surface area contributed by atoms with Gasteiger partial charge in [0.2, 0.25) is 0 Å². The average molecular weight is 371 g/mol. The third kappa shape index (κ3) is 3.57. The van der Waals surface area contributed by atoms with Crippen LogP contribution in [0.15, 0.2) is 42.5 Å². The topological polar surface area (TPSA) is 38.3 Å². The highest BCUT2D eigenvalue weighted by atomic mass is 35.5. The van der Waals surface area contributed by atoms with E-state index in [-0.39, 0.29) is 5.97 Å². The van der Waals surface area contributed by atoms with Gasteiger partial charge in [0, 0.05) is 27.2 Å². The molecule has 2 unspecified atom stereocenters. The number of hydrogen-bond donors (Lipinski definition) is 1. The standard InChI is InChI=1S/C17H14Cl3NO2/c1-17(10-2-4-11(18)5-3-10)9-15(16(22)23-17)21-14-7-12(19)6-13(20)8-14/h2-8,15,21H,9H2,1H3. The van der Waals surface area contributed by atoms with E-state index in [2.05, 4.69) is 5.32 Å². The number of hydrogen-bond acceptors (Lipinski definition) is 3. The summed E-state index contributed by atoms with van der Waals surface area (Å²) in [6.07, 6.45) is 0.498. The van der Waals surface area contributed by atoms with Crippen LogP contribution < -0.4 is 5.32 Å². The van der Waals surface area contributed by atoms with E-state index in [0.717, 1.165) is 5.56 Å². The van der Waals surface area contributed by atoms with Crippen molar-refractivity contribution in [3.05, 3.63) is 63.1 Å². The maximum atomic E-state index is 12.2. The van der Waals surface area contributed by atoms with Gasteiger partial charge >= 0.3 is 5.97 Å². The van der Waals surface area contributed by atoms with Gasteiger partial charge in [-0.15, -0.1) is 0 Å². The zero-order chi connectivity index (χ0) is 16.6. The summed E-state index contributed by atoms with van der Waals surface area (Å²) in [7, 11) is 0. The zero-order valence-electron chi connectivity index (χ0n) is 12.3. The van der Waals surface area contributed by atoms with E-state index in [1.165, 1.54) is 0 Å². The summed E-state index contributed by atoms with van der Waals surface area (Å²) in [4.78, 5) is 12.2. The van der Waals surface area contributed by atoms with E-state index in [0.29, 0.717) is 27.2 Å². The van der Waals surface area contributed by atoms with E-state index in [9.17, 15) is 4.79 Å². The van der Waals surface area contributed by atoms with Crippen LogP contribution >= 0.6 is 34.8 Å². The Morgan fingerprint density at radius 2 is 1.65 bits per heavy atom. The molecule has 2 aromatic carbocycles. The van der Waals surface area contributed by atoms with Crippen LogP contribution in [0.3, 0.4) is 0 Å². The van der Waals surface area contributed by atoms with Gasteiger partial charge in [-0.2, -0.15) is 0 Å². The molecule has 120 valence electrons. The number of cyclic esters (lactones) is 1. The Bertz CT molecular complexity index is 728. The molecule has 6 heteroatoms. The van der Waals surface area contributed by atoms with Gasteiger partial charge in [-0.05, 0) is 42.8 Å². The minimum absolute atomic E-state index is 0.307. The molecule has 1 fully saturated rings. The molecule has 2 atom stereocenters. The minimum Gasteiger partial charge on any atom is -0.453 e. The lowest BCUT2D eigenvalue weighted by Crippen LogP contribution is -2.25. The van der Waals surface area contributed by atoms with Crippen molar-refractivity contribution in [1.29, 1.82) is 0 Å². The molecule has 1 saturated heterocycles. The van der Waals surface area contributed by atoms with Crippen molar-refractivity contribution in [3.63, 3.8) is 0 Å². The zero-order valence-corrected chi connectivity index (χ0v) is 14.5. The fourth-order valence-corrected chi connectivity index (χ4v) is 3.39. The molecule has 0 aliphatic carbocycles. The van der Waals surface area contributed by atoms with Crippen LogP contribution in [-0.2, 0) is 15.1 Å².